The summed E-state index contributed by atoms with van der Waals surface area (Å²) in [6, 6.07) is 14.1. The largest absolute Gasteiger partial charge is 0.495 e. The second-order valence-corrected chi connectivity index (χ2v) is 7.63. The Balaban J connectivity index is 1.66. The number of pyridine rings is 1. The molecule has 33 heavy (non-hydrogen) atoms. The van der Waals surface area contributed by atoms with Gasteiger partial charge in [0.15, 0.2) is 0 Å². The molecule has 168 valence electrons. The molecule has 4 aromatic rings. The Hall–Kier alpha value is -3.91. The van der Waals surface area contributed by atoms with Crippen LogP contribution in [0.4, 0.5) is 5.69 Å². The molecule has 0 aliphatic carbocycles. The third-order valence-corrected chi connectivity index (χ3v) is 5.40. The van der Waals surface area contributed by atoms with Gasteiger partial charge >= 0.3 is 0 Å². The molecule has 2 aromatic carbocycles. The maximum Gasteiger partial charge on any atom is 0.275 e. The van der Waals surface area contributed by atoms with Crippen molar-refractivity contribution in [3.8, 4) is 11.5 Å². The van der Waals surface area contributed by atoms with Crippen molar-refractivity contribution in [2.24, 2.45) is 0 Å². The van der Waals surface area contributed by atoms with E-state index in [-0.39, 0.29) is 12.1 Å². The van der Waals surface area contributed by atoms with Crippen LogP contribution in [0, 0.1) is 0 Å². The van der Waals surface area contributed by atoms with Crippen LogP contribution in [0.5, 0.6) is 11.5 Å². The Morgan fingerprint density at radius 3 is 2.42 bits per heavy atom. The number of rotatable bonds is 7. The first kappa shape index (κ1) is 22.3. The van der Waals surface area contributed by atoms with E-state index in [1.807, 2.05) is 24.3 Å². The first-order valence-electron chi connectivity index (χ1n) is 10.1. The van der Waals surface area contributed by atoms with Crippen molar-refractivity contribution in [3.63, 3.8) is 0 Å². The third-order valence-electron chi connectivity index (χ3n) is 5.11. The Morgan fingerprint density at radius 2 is 1.73 bits per heavy atom. The van der Waals surface area contributed by atoms with Gasteiger partial charge in [-0.2, -0.15) is 5.10 Å². The molecular formula is C24H21ClN4O4. The maximum atomic E-state index is 13.0. The van der Waals surface area contributed by atoms with Gasteiger partial charge < -0.3 is 14.8 Å². The molecule has 1 N–H and O–H groups in total. The fraction of sp³-hybridized carbons (Fsp3) is 0.167. The molecule has 0 atom stereocenters. The van der Waals surface area contributed by atoms with Crippen molar-refractivity contribution >= 4 is 34.0 Å². The van der Waals surface area contributed by atoms with Gasteiger partial charge in [-0.1, -0.05) is 29.8 Å². The topological polar surface area (TPSA) is 95.3 Å². The minimum atomic E-state index is -0.450. The van der Waals surface area contributed by atoms with Gasteiger partial charge in [-0.15, -0.1) is 0 Å². The first-order valence-corrected chi connectivity index (χ1v) is 10.5. The number of carbonyl (C=O) groups excluding carboxylic acids is 1. The lowest BCUT2D eigenvalue weighted by Crippen LogP contribution is -2.30. The minimum Gasteiger partial charge on any atom is -0.495 e. The molecule has 9 heteroatoms. The van der Waals surface area contributed by atoms with E-state index in [4.69, 9.17) is 21.1 Å². The molecule has 4 rings (SSSR count). The Kier molecular flexibility index (Phi) is 6.55. The predicted octanol–water partition coefficient (Wildman–Crippen LogP) is 3.69. The van der Waals surface area contributed by atoms with E-state index >= 15 is 0 Å². The molecule has 8 nitrogen and oxygen atoms in total. The molecule has 0 bridgehead atoms. The average Bonchev–Trinajstić information content (AvgIpc) is 2.83. The summed E-state index contributed by atoms with van der Waals surface area (Å²) in [5, 5.41) is 8.80. The zero-order valence-electron chi connectivity index (χ0n) is 18.0. The lowest BCUT2D eigenvalue weighted by Gasteiger charge is -2.14. The molecule has 0 radical (unpaired) electrons. The van der Waals surface area contributed by atoms with E-state index in [1.54, 1.807) is 30.6 Å². The summed E-state index contributed by atoms with van der Waals surface area (Å²) in [5.74, 6) is 0.343. The average molecular weight is 465 g/mol. The van der Waals surface area contributed by atoms with Gasteiger partial charge in [0.1, 0.15) is 18.0 Å². The minimum absolute atomic E-state index is 0.278. The van der Waals surface area contributed by atoms with Crippen molar-refractivity contribution in [1.82, 2.24) is 14.8 Å². The molecule has 1 amide bonds. The van der Waals surface area contributed by atoms with Crippen molar-refractivity contribution in [1.29, 1.82) is 0 Å². The number of amides is 1. The van der Waals surface area contributed by atoms with Gasteiger partial charge in [0.05, 0.1) is 36.0 Å². The SMILES string of the molecule is COc1cc(OC)c(NC(=O)Cn2nc(Cc3ccncc3)c3ccccc3c2=O)cc1Cl. The van der Waals surface area contributed by atoms with Gasteiger partial charge in [0.2, 0.25) is 5.91 Å². The molecule has 0 spiro atoms. The van der Waals surface area contributed by atoms with Crippen LogP contribution in [-0.4, -0.2) is 34.9 Å². The van der Waals surface area contributed by atoms with Crippen LogP contribution in [-0.2, 0) is 17.8 Å². The highest BCUT2D eigenvalue weighted by atomic mass is 35.5. The van der Waals surface area contributed by atoms with Gasteiger partial charge in [-0.3, -0.25) is 14.6 Å². The number of halogens is 1. The highest BCUT2D eigenvalue weighted by Crippen LogP contribution is 2.35. The fourth-order valence-electron chi connectivity index (χ4n) is 3.52. The van der Waals surface area contributed by atoms with Crippen LogP contribution in [0.15, 0.2) is 65.7 Å². The van der Waals surface area contributed by atoms with E-state index in [0.717, 1.165) is 10.9 Å². The Morgan fingerprint density at radius 1 is 1.03 bits per heavy atom. The Labute approximate surface area is 194 Å². The van der Waals surface area contributed by atoms with Crippen LogP contribution >= 0.6 is 11.6 Å². The van der Waals surface area contributed by atoms with E-state index in [9.17, 15) is 9.59 Å². The first-order chi connectivity index (χ1) is 16.0. The lowest BCUT2D eigenvalue weighted by molar-refractivity contribution is -0.117. The summed E-state index contributed by atoms with van der Waals surface area (Å²) in [5.41, 5.74) is 1.70. The van der Waals surface area contributed by atoms with Crippen LogP contribution < -0.4 is 20.3 Å². The molecule has 0 fully saturated rings. The highest BCUT2D eigenvalue weighted by molar-refractivity contribution is 6.32. The van der Waals surface area contributed by atoms with Crippen LogP contribution in [0.25, 0.3) is 10.8 Å². The zero-order valence-corrected chi connectivity index (χ0v) is 18.8. The molecule has 0 aliphatic rings. The number of hydrogen-bond acceptors (Lipinski definition) is 6. The van der Waals surface area contributed by atoms with Crippen molar-refractivity contribution in [2.45, 2.75) is 13.0 Å². The van der Waals surface area contributed by atoms with Gasteiger partial charge in [0.25, 0.3) is 5.56 Å². The van der Waals surface area contributed by atoms with Crippen LogP contribution in [0.1, 0.15) is 11.3 Å². The number of anilines is 1. The van der Waals surface area contributed by atoms with E-state index in [0.29, 0.717) is 39.7 Å². The number of benzene rings is 2. The highest BCUT2D eigenvalue weighted by Gasteiger charge is 2.16. The van der Waals surface area contributed by atoms with E-state index < -0.39 is 5.91 Å². The summed E-state index contributed by atoms with van der Waals surface area (Å²) < 4.78 is 11.7. The summed E-state index contributed by atoms with van der Waals surface area (Å²) in [6.07, 6.45) is 3.90. The lowest BCUT2D eigenvalue weighted by atomic mass is 10.1. The number of methoxy groups -OCH3 is 2. The maximum absolute atomic E-state index is 13.0. The number of nitrogens with one attached hydrogen (secondary N) is 1. The van der Waals surface area contributed by atoms with E-state index in [2.05, 4.69) is 15.4 Å². The summed E-state index contributed by atoms with van der Waals surface area (Å²) in [4.78, 5) is 29.9. The molecule has 0 aliphatic heterocycles. The summed E-state index contributed by atoms with van der Waals surface area (Å²) in [7, 11) is 2.96. The molecular weight excluding hydrogens is 444 g/mol. The van der Waals surface area contributed by atoms with Gasteiger partial charge in [-0.05, 0) is 29.8 Å². The van der Waals surface area contributed by atoms with Crippen molar-refractivity contribution < 1.29 is 14.3 Å². The number of nitrogens with zero attached hydrogens (tertiary/aromatic N) is 3. The molecule has 0 saturated heterocycles. The van der Waals surface area contributed by atoms with Gasteiger partial charge in [-0.25, -0.2) is 4.68 Å². The molecule has 0 unspecified atom stereocenters. The van der Waals surface area contributed by atoms with Crippen LogP contribution in [0.3, 0.4) is 0 Å². The molecule has 0 saturated carbocycles. The monoisotopic (exact) mass is 464 g/mol. The summed E-state index contributed by atoms with van der Waals surface area (Å²) >= 11 is 6.19. The standard InChI is InChI=1S/C24H21ClN4O4/c1-32-21-13-22(33-2)20(12-18(21)25)27-23(30)14-29-24(31)17-6-4-3-5-16(17)19(28-29)11-15-7-9-26-10-8-15/h3-10,12-13H,11,14H2,1-2H3,(H,27,30). The van der Waals surface area contributed by atoms with Crippen molar-refractivity contribution in [2.75, 3.05) is 19.5 Å². The van der Waals surface area contributed by atoms with E-state index in [1.165, 1.54) is 25.0 Å². The van der Waals surface area contributed by atoms with Gasteiger partial charge in [0, 0.05) is 30.3 Å². The van der Waals surface area contributed by atoms with Crippen molar-refractivity contribution in [3.05, 3.63) is 87.6 Å². The fourth-order valence-corrected chi connectivity index (χ4v) is 3.76. The van der Waals surface area contributed by atoms with Crippen LogP contribution in [0.2, 0.25) is 5.02 Å². The molecule has 2 heterocycles. The quantitative estimate of drug-likeness (QED) is 0.448. The summed E-state index contributed by atoms with van der Waals surface area (Å²) in [6.45, 7) is -0.278. The predicted molar refractivity (Wildman–Crippen MR) is 126 cm³/mol. The number of fused-ring (bicyclic) bond motifs is 1. The third kappa shape index (κ3) is 4.80. The number of aromatic nitrogens is 3. The number of ether oxygens (including phenoxy) is 2. The smallest absolute Gasteiger partial charge is 0.275 e. The zero-order chi connectivity index (χ0) is 23.4. The number of hydrogen-bond donors (Lipinski definition) is 1. The second-order valence-electron chi connectivity index (χ2n) is 7.22. The Bertz CT molecular complexity index is 1370. The molecule has 2 aromatic heterocycles. The number of carbonyl (C=O) groups is 1. The normalized spacial score (nSPS) is 10.8. The second kappa shape index (κ2) is 9.70.